The number of rotatable bonds is 8. The minimum absolute atomic E-state index is 0.0290. The highest BCUT2D eigenvalue weighted by Crippen LogP contribution is 2.30. The lowest BCUT2D eigenvalue weighted by Gasteiger charge is -2.25. The van der Waals surface area contributed by atoms with Crippen molar-refractivity contribution in [2.24, 2.45) is 0 Å². The molecular weight excluding hydrogens is 412 g/mol. The molecule has 8 heteroatoms. The van der Waals surface area contributed by atoms with Gasteiger partial charge in [-0.25, -0.2) is 9.78 Å². The van der Waals surface area contributed by atoms with Crippen molar-refractivity contribution in [3.63, 3.8) is 0 Å². The summed E-state index contributed by atoms with van der Waals surface area (Å²) in [5, 5.41) is 2.54. The lowest BCUT2D eigenvalue weighted by Crippen LogP contribution is -2.41. The lowest BCUT2D eigenvalue weighted by atomic mass is 9.89. The summed E-state index contributed by atoms with van der Waals surface area (Å²) in [5.41, 5.74) is 3.22. The molecular formula is C24H30N2O6. The van der Waals surface area contributed by atoms with Crippen LogP contribution in [0.15, 0.2) is 30.5 Å². The minimum atomic E-state index is -0.951. The van der Waals surface area contributed by atoms with E-state index >= 15 is 0 Å². The van der Waals surface area contributed by atoms with Gasteiger partial charge in [0.1, 0.15) is 12.1 Å². The van der Waals surface area contributed by atoms with E-state index in [1.807, 2.05) is 45.9 Å². The molecule has 0 aliphatic rings. The normalized spacial score (nSPS) is 13.5. The maximum absolute atomic E-state index is 12.7. The van der Waals surface area contributed by atoms with Crippen molar-refractivity contribution in [3.05, 3.63) is 52.8 Å². The highest BCUT2D eigenvalue weighted by molar-refractivity contribution is 5.98. The summed E-state index contributed by atoms with van der Waals surface area (Å²) in [6, 6.07) is 6.55. The number of aromatic nitrogens is 1. The average Bonchev–Trinajstić information content (AvgIpc) is 2.72. The number of aryl methyl sites for hydroxylation is 2. The van der Waals surface area contributed by atoms with Crippen molar-refractivity contribution < 1.29 is 28.6 Å². The Hall–Kier alpha value is -3.42. The summed E-state index contributed by atoms with van der Waals surface area (Å²) in [7, 11) is 1.38. The van der Waals surface area contributed by atoms with Crippen molar-refractivity contribution >= 4 is 17.8 Å². The van der Waals surface area contributed by atoms with Crippen molar-refractivity contribution in [2.45, 2.75) is 59.6 Å². The third kappa shape index (κ3) is 5.84. The van der Waals surface area contributed by atoms with Gasteiger partial charge in [0, 0.05) is 25.1 Å². The van der Waals surface area contributed by atoms with Gasteiger partial charge < -0.3 is 19.5 Å². The van der Waals surface area contributed by atoms with E-state index in [1.54, 1.807) is 0 Å². The second-order valence-electron chi connectivity index (χ2n) is 7.72. The number of ether oxygens (including phenoxy) is 3. The predicted octanol–water partition coefficient (Wildman–Crippen LogP) is 3.49. The molecule has 0 fully saturated rings. The number of hydrogen-bond donors (Lipinski definition) is 1. The maximum atomic E-state index is 12.7. The molecule has 172 valence electrons. The van der Waals surface area contributed by atoms with Crippen molar-refractivity contribution in [2.75, 3.05) is 7.11 Å². The van der Waals surface area contributed by atoms with Gasteiger partial charge in [0.25, 0.3) is 5.91 Å². The monoisotopic (exact) mass is 442 g/mol. The van der Waals surface area contributed by atoms with Crippen LogP contribution in [0.4, 0.5) is 0 Å². The zero-order valence-electron chi connectivity index (χ0n) is 19.5. The highest BCUT2D eigenvalue weighted by Gasteiger charge is 2.27. The van der Waals surface area contributed by atoms with Gasteiger partial charge in [-0.1, -0.05) is 25.1 Å². The van der Waals surface area contributed by atoms with Gasteiger partial charge in [0.15, 0.2) is 11.4 Å². The predicted molar refractivity (Wildman–Crippen MR) is 119 cm³/mol. The van der Waals surface area contributed by atoms with Crippen molar-refractivity contribution in [1.29, 1.82) is 0 Å². The SMILES string of the molecule is COc1ccnc(C(=O)N[C@@H](C)C(=O)O[C@@H](C)[C@@H](C)c2c(C)cccc2C)c1OC(C)=O. The molecule has 8 nitrogen and oxygen atoms in total. The smallest absolute Gasteiger partial charge is 0.328 e. The molecule has 2 rings (SSSR count). The van der Waals surface area contributed by atoms with Gasteiger partial charge in [-0.15, -0.1) is 0 Å². The van der Waals surface area contributed by atoms with E-state index in [4.69, 9.17) is 14.2 Å². The lowest BCUT2D eigenvalue weighted by molar-refractivity contribution is -0.151. The molecule has 1 N–H and O–H groups in total. The summed E-state index contributed by atoms with van der Waals surface area (Å²) in [6.45, 7) is 10.6. The third-order valence-corrected chi connectivity index (χ3v) is 5.25. The number of methoxy groups -OCH3 is 1. The Morgan fingerprint density at radius 1 is 1.03 bits per heavy atom. The number of carbonyl (C=O) groups is 3. The Morgan fingerprint density at radius 3 is 2.22 bits per heavy atom. The first kappa shape index (κ1) is 24.8. The van der Waals surface area contributed by atoms with E-state index in [2.05, 4.69) is 10.3 Å². The molecule has 0 unspecified atom stereocenters. The number of amides is 1. The third-order valence-electron chi connectivity index (χ3n) is 5.25. The fourth-order valence-electron chi connectivity index (χ4n) is 3.49. The van der Waals surface area contributed by atoms with Gasteiger partial charge >= 0.3 is 11.9 Å². The van der Waals surface area contributed by atoms with Crippen LogP contribution in [-0.2, 0) is 14.3 Å². The number of pyridine rings is 1. The number of nitrogens with one attached hydrogen (secondary N) is 1. The number of benzene rings is 1. The summed E-state index contributed by atoms with van der Waals surface area (Å²) < 4.78 is 15.9. The molecule has 1 aromatic carbocycles. The van der Waals surface area contributed by atoms with E-state index in [-0.39, 0.29) is 23.1 Å². The van der Waals surface area contributed by atoms with Gasteiger partial charge in [-0.3, -0.25) is 9.59 Å². The first-order chi connectivity index (χ1) is 15.1. The van der Waals surface area contributed by atoms with Crippen LogP contribution < -0.4 is 14.8 Å². The Balaban J connectivity index is 2.11. The molecule has 0 saturated carbocycles. The Labute approximate surface area is 188 Å². The molecule has 1 amide bonds. The highest BCUT2D eigenvalue weighted by atomic mass is 16.6. The van der Waals surface area contributed by atoms with Crippen LogP contribution in [-0.4, -0.2) is 42.1 Å². The van der Waals surface area contributed by atoms with Crippen LogP contribution in [0.3, 0.4) is 0 Å². The quantitative estimate of drug-likeness (QED) is 0.624. The van der Waals surface area contributed by atoms with Crippen LogP contribution in [0, 0.1) is 13.8 Å². The molecule has 1 heterocycles. The topological polar surface area (TPSA) is 104 Å². The van der Waals surface area contributed by atoms with Crippen LogP contribution >= 0.6 is 0 Å². The molecule has 0 saturated heterocycles. The van der Waals surface area contributed by atoms with Crippen LogP contribution in [0.25, 0.3) is 0 Å². The molecule has 2 aromatic rings. The van der Waals surface area contributed by atoms with Gasteiger partial charge in [-0.05, 0) is 44.4 Å². The summed E-state index contributed by atoms with van der Waals surface area (Å²) in [5.74, 6) is -1.88. The van der Waals surface area contributed by atoms with E-state index in [0.717, 1.165) is 16.7 Å². The van der Waals surface area contributed by atoms with Gasteiger partial charge in [0.2, 0.25) is 5.75 Å². The summed E-state index contributed by atoms with van der Waals surface area (Å²) in [6.07, 6.45) is 0.936. The van der Waals surface area contributed by atoms with E-state index in [1.165, 1.54) is 33.2 Å². The number of hydrogen-bond acceptors (Lipinski definition) is 7. The molecule has 0 spiro atoms. The summed E-state index contributed by atoms with van der Waals surface area (Å²) in [4.78, 5) is 40.8. The molecule has 1 aromatic heterocycles. The zero-order valence-corrected chi connectivity index (χ0v) is 19.5. The second-order valence-corrected chi connectivity index (χ2v) is 7.72. The minimum Gasteiger partial charge on any atom is -0.493 e. The van der Waals surface area contributed by atoms with E-state index in [0.29, 0.717) is 0 Å². The number of nitrogens with zero attached hydrogens (tertiary/aromatic N) is 1. The fraction of sp³-hybridized carbons (Fsp3) is 0.417. The number of carbonyl (C=O) groups excluding carboxylic acids is 3. The van der Waals surface area contributed by atoms with Crippen LogP contribution in [0.5, 0.6) is 11.5 Å². The van der Waals surface area contributed by atoms with Gasteiger partial charge in [-0.2, -0.15) is 0 Å². The van der Waals surface area contributed by atoms with E-state index < -0.39 is 30.0 Å². The standard InChI is InChI=1S/C24H30N2O6/c1-13-9-8-10-14(2)20(13)15(3)17(5)31-24(29)16(4)26-23(28)21-22(32-18(6)27)19(30-7)11-12-25-21/h8-12,15-17H,1-7H3,(H,26,28)/t15-,16+,17+/m1/s1. The van der Waals surface area contributed by atoms with Crippen molar-refractivity contribution in [3.8, 4) is 11.5 Å². The largest absolute Gasteiger partial charge is 0.493 e. The van der Waals surface area contributed by atoms with Crippen LogP contribution in [0.2, 0.25) is 0 Å². The number of esters is 2. The average molecular weight is 443 g/mol. The molecule has 32 heavy (non-hydrogen) atoms. The van der Waals surface area contributed by atoms with Crippen LogP contribution in [0.1, 0.15) is 60.8 Å². The Morgan fingerprint density at radius 2 is 1.66 bits per heavy atom. The summed E-state index contributed by atoms with van der Waals surface area (Å²) >= 11 is 0. The molecule has 0 aliphatic carbocycles. The van der Waals surface area contributed by atoms with Gasteiger partial charge in [0.05, 0.1) is 7.11 Å². The Kier molecular flexibility index (Phi) is 8.34. The van der Waals surface area contributed by atoms with E-state index in [9.17, 15) is 14.4 Å². The second kappa shape index (κ2) is 10.7. The zero-order chi connectivity index (χ0) is 24.0. The Bertz CT molecular complexity index is 984. The molecule has 0 aliphatic heterocycles. The fourth-order valence-corrected chi connectivity index (χ4v) is 3.49. The molecule has 3 atom stereocenters. The maximum Gasteiger partial charge on any atom is 0.328 e. The molecule has 0 radical (unpaired) electrons. The molecule has 0 bridgehead atoms. The van der Waals surface area contributed by atoms with Crippen molar-refractivity contribution in [1.82, 2.24) is 10.3 Å². The first-order valence-corrected chi connectivity index (χ1v) is 10.4. The first-order valence-electron chi connectivity index (χ1n) is 10.4.